The number of hydrogen-bond donors (Lipinski definition) is 0. The number of alkyl halides is 3. The lowest BCUT2D eigenvalue weighted by atomic mass is 9.78. The van der Waals surface area contributed by atoms with E-state index in [9.17, 15) is 13.2 Å². The highest BCUT2D eigenvalue weighted by molar-refractivity contribution is 5.33. The minimum atomic E-state index is -4.10. The molecule has 0 radical (unpaired) electrons. The zero-order chi connectivity index (χ0) is 15.3. The highest BCUT2D eigenvalue weighted by Gasteiger charge is 2.25. The van der Waals surface area contributed by atoms with Crippen molar-refractivity contribution in [3.05, 3.63) is 47.5 Å². The van der Waals surface area contributed by atoms with E-state index in [4.69, 9.17) is 5.26 Å². The van der Waals surface area contributed by atoms with E-state index in [0.717, 1.165) is 25.7 Å². The van der Waals surface area contributed by atoms with E-state index in [1.54, 1.807) is 6.08 Å². The van der Waals surface area contributed by atoms with Gasteiger partial charge in [0.15, 0.2) is 0 Å². The van der Waals surface area contributed by atoms with Crippen LogP contribution >= 0.6 is 0 Å². The van der Waals surface area contributed by atoms with Crippen molar-refractivity contribution in [1.29, 1.82) is 5.26 Å². The Kier molecular flexibility index (Phi) is 5.06. The average Bonchev–Trinajstić information content (AvgIpc) is 2.47. The summed E-state index contributed by atoms with van der Waals surface area (Å²) in [4.78, 5) is 0. The standard InChI is InChI=1S/C17H18F3N/c18-17(19,20)11-1-2-13-3-7-15(8-4-13)16-9-5-14(12-21)6-10-16/h1-2,5-6,9-10,13,15H,3-4,7-8,11H2. The number of nitriles is 1. The molecule has 2 rings (SSSR count). The molecule has 21 heavy (non-hydrogen) atoms. The van der Waals surface area contributed by atoms with Crippen LogP contribution in [0.5, 0.6) is 0 Å². The smallest absolute Gasteiger partial charge is 0.192 e. The summed E-state index contributed by atoms with van der Waals surface area (Å²) in [6.45, 7) is 0. The largest absolute Gasteiger partial charge is 0.392 e. The van der Waals surface area contributed by atoms with Crippen molar-refractivity contribution in [2.45, 2.75) is 44.2 Å². The van der Waals surface area contributed by atoms with Crippen molar-refractivity contribution < 1.29 is 13.2 Å². The van der Waals surface area contributed by atoms with Gasteiger partial charge in [-0.05, 0) is 55.2 Å². The second kappa shape index (κ2) is 6.80. The van der Waals surface area contributed by atoms with Crippen LogP contribution in [0.3, 0.4) is 0 Å². The lowest BCUT2D eigenvalue weighted by molar-refractivity contribution is -0.125. The van der Waals surface area contributed by atoms with E-state index in [1.165, 1.54) is 11.6 Å². The number of rotatable bonds is 3. The molecule has 112 valence electrons. The van der Waals surface area contributed by atoms with Gasteiger partial charge in [0.05, 0.1) is 18.1 Å². The van der Waals surface area contributed by atoms with Crippen molar-refractivity contribution in [3.8, 4) is 6.07 Å². The first-order chi connectivity index (χ1) is 9.98. The van der Waals surface area contributed by atoms with Crippen LogP contribution in [-0.4, -0.2) is 6.18 Å². The molecule has 1 aromatic rings. The van der Waals surface area contributed by atoms with Crippen molar-refractivity contribution in [2.24, 2.45) is 5.92 Å². The highest BCUT2D eigenvalue weighted by Crippen LogP contribution is 2.36. The SMILES string of the molecule is N#Cc1ccc(C2CCC(C=CCC(F)(F)F)CC2)cc1. The van der Waals surface area contributed by atoms with Gasteiger partial charge in [-0.1, -0.05) is 24.3 Å². The Hall–Kier alpha value is -1.76. The zero-order valence-electron chi connectivity index (χ0n) is 11.7. The van der Waals surface area contributed by atoms with Crippen molar-refractivity contribution in [2.75, 3.05) is 0 Å². The van der Waals surface area contributed by atoms with Crippen LogP contribution < -0.4 is 0 Å². The van der Waals surface area contributed by atoms with Crippen LogP contribution in [0.15, 0.2) is 36.4 Å². The fourth-order valence-corrected chi connectivity index (χ4v) is 2.87. The Morgan fingerprint density at radius 1 is 1.10 bits per heavy atom. The molecular formula is C17H18F3N. The molecule has 4 heteroatoms. The second-order valence-corrected chi connectivity index (χ2v) is 5.59. The lowest BCUT2D eigenvalue weighted by Crippen LogP contribution is -2.12. The van der Waals surface area contributed by atoms with Gasteiger partial charge in [0.2, 0.25) is 0 Å². The maximum atomic E-state index is 12.1. The maximum absolute atomic E-state index is 12.1. The van der Waals surface area contributed by atoms with Gasteiger partial charge in [0, 0.05) is 0 Å². The minimum Gasteiger partial charge on any atom is -0.192 e. The molecule has 0 bridgehead atoms. The third-order valence-corrected chi connectivity index (χ3v) is 4.04. The monoisotopic (exact) mass is 293 g/mol. The predicted molar refractivity (Wildman–Crippen MR) is 75.7 cm³/mol. The minimum absolute atomic E-state index is 0.266. The molecule has 1 nitrogen and oxygen atoms in total. The third kappa shape index (κ3) is 4.93. The van der Waals surface area contributed by atoms with Gasteiger partial charge in [-0.15, -0.1) is 0 Å². The molecule has 0 amide bonds. The summed E-state index contributed by atoms with van der Waals surface area (Å²) in [7, 11) is 0. The van der Waals surface area contributed by atoms with Gasteiger partial charge >= 0.3 is 6.18 Å². The van der Waals surface area contributed by atoms with Gasteiger partial charge < -0.3 is 0 Å². The van der Waals surface area contributed by atoms with Crippen LogP contribution in [-0.2, 0) is 0 Å². The van der Waals surface area contributed by atoms with Crippen molar-refractivity contribution >= 4 is 0 Å². The maximum Gasteiger partial charge on any atom is 0.392 e. The molecule has 0 atom stereocenters. The van der Waals surface area contributed by atoms with Gasteiger partial charge in [-0.25, -0.2) is 0 Å². The molecule has 1 aliphatic carbocycles. The molecule has 0 aromatic heterocycles. The number of nitrogens with zero attached hydrogens (tertiary/aromatic N) is 1. The van der Waals surface area contributed by atoms with E-state index < -0.39 is 12.6 Å². The summed E-state index contributed by atoms with van der Waals surface area (Å²) in [5.74, 6) is 0.729. The molecule has 1 saturated carbocycles. The van der Waals surface area contributed by atoms with E-state index in [0.29, 0.717) is 11.5 Å². The number of halogens is 3. The van der Waals surface area contributed by atoms with E-state index in [2.05, 4.69) is 6.07 Å². The molecule has 0 spiro atoms. The van der Waals surface area contributed by atoms with Gasteiger partial charge in [-0.2, -0.15) is 18.4 Å². The summed E-state index contributed by atoms with van der Waals surface area (Å²) < 4.78 is 36.2. The molecular weight excluding hydrogens is 275 g/mol. The number of benzene rings is 1. The Labute approximate surface area is 123 Å². The van der Waals surface area contributed by atoms with Crippen LogP contribution in [0, 0.1) is 17.2 Å². The predicted octanol–water partition coefficient (Wildman–Crippen LogP) is 5.34. The normalized spacial score (nSPS) is 23.1. The van der Waals surface area contributed by atoms with Crippen LogP contribution in [0.4, 0.5) is 13.2 Å². The van der Waals surface area contributed by atoms with Gasteiger partial charge in [0.1, 0.15) is 0 Å². The zero-order valence-corrected chi connectivity index (χ0v) is 11.7. The Balaban J connectivity index is 1.84. The molecule has 0 aliphatic heterocycles. The lowest BCUT2D eigenvalue weighted by Gasteiger charge is -2.27. The fraction of sp³-hybridized carbons (Fsp3) is 0.471. The number of allylic oxidation sites excluding steroid dienone is 2. The molecule has 1 aliphatic rings. The quantitative estimate of drug-likeness (QED) is 0.690. The Morgan fingerprint density at radius 3 is 2.24 bits per heavy atom. The second-order valence-electron chi connectivity index (χ2n) is 5.59. The van der Waals surface area contributed by atoms with E-state index in [1.807, 2.05) is 24.3 Å². The topological polar surface area (TPSA) is 23.8 Å². The summed E-state index contributed by atoms with van der Waals surface area (Å²) in [6, 6.07) is 9.72. The number of hydrogen-bond acceptors (Lipinski definition) is 1. The third-order valence-electron chi connectivity index (χ3n) is 4.04. The highest BCUT2D eigenvalue weighted by atomic mass is 19.4. The van der Waals surface area contributed by atoms with Crippen LogP contribution in [0.25, 0.3) is 0 Å². The molecule has 0 unspecified atom stereocenters. The summed E-state index contributed by atoms with van der Waals surface area (Å²) in [5.41, 5.74) is 1.88. The van der Waals surface area contributed by atoms with E-state index >= 15 is 0 Å². The molecule has 1 fully saturated rings. The van der Waals surface area contributed by atoms with Crippen molar-refractivity contribution in [3.63, 3.8) is 0 Å². The average molecular weight is 293 g/mol. The molecule has 0 saturated heterocycles. The van der Waals surface area contributed by atoms with Crippen LogP contribution in [0.1, 0.15) is 49.1 Å². The summed E-state index contributed by atoms with van der Waals surface area (Å²) >= 11 is 0. The molecule has 1 aromatic carbocycles. The first-order valence-electron chi connectivity index (χ1n) is 7.21. The van der Waals surface area contributed by atoms with Gasteiger partial charge in [-0.3, -0.25) is 0 Å². The molecule has 0 heterocycles. The summed E-state index contributed by atoms with van der Waals surface area (Å²) in [6.07, 6.45) is 1.89. The van der Waals surface area contributed by atoms with Crippen LogP contribution in [0.2, 0.25) is 0 Å². The first kappa shape index (κ1) is 15.6. The first-order valence-corrected chi connectivity index (χ1v) is 7.21. The Bertz CT molecular complexity index is 514. The van der Waals surface area contributed by atoms with Crippen molar-refractivity contribution in [1.82, 2.24) is 0 Å². The Morgan fingerprint density at radius 2 is 1.71 bits per heavy atom. The van der Waals surface area contributed by atoms with Gasteiger partial charge in [0.25, 0.3) is 0 Å². The molecule has 0 N–H and O–H groups in total. The van der Waals surface area contributed by atoms with E-state index in [-0.39, 0.29) is 5.92 Å². The summed E-state index contributed by atoms with van der Waals surface area (Å²) in [5, 5.41) is 8.78. The fourth-order valence-electron chi connectivity index (χ4n) is 2.87.